The highest BCUT2D eigenvalue weighted by molar-refractivity contribution is 7.98. The number of aromatic nitrogens is 3. The number of carbonyl (C=O) groups is 1. The van der Waals surface area contributed by atoms with Gasteiger partial charge in [0.1, 0.15) is 0 Å². The molecular weight excluding hydrogens is 310 g/mol. The maximum Gasteiger partial charge on any atom is 0.262 e. The first kappa shape index (κ1) is 16.3. The predicted octanol–water partition coefficient (Wildman–Crippen LogP) is -1.13. The first-order valence-electron chi connectivity index (χ1n) is 6.45. The predicted molar refractivity (Wildman–Crippen MR) is 82.8 cm³/mol. The van der Waals surface area contributed by atoms with Crippen molar-refractivity contribution >= 4 is 34.7 Å². The van der Waals surface area contributed by atoms with Crippen LogP contribution in [-0.2, 0) is 6.54 Å². The Morgan fingerprint density at radius 1 is 1.55 bits per heavy atom. The number of rotatable bonds is 6. The molecule has 0 radical (unpaired) electrons. The Kier molecular flexibility index (Phi) is 4.74. The van der Waals surface area contributed by atoms with Crippen LogP contribution in [0.3, 0.4) is 0 Å². The molecule has 0 aliphatic rings. The normalized spacial score (nSPS) is 12.7. The number of nitrogens with two attached hydrogens (primary N) is 2. The van der Waals surface area contributed by atoms with Gasteiger partial charge in [-0.2, -0.15) is 4.98 Å². The number of aromatic amines is 1. The van der Waals surface area contributed by atoms with Gasteiger partial charge in [0.25, 0.3) is 11.5 Å². The van der Waals surface area contributed by atoms with E-state index >= 15 is 0 Å². The Labute approximate surface area is 129 Å². The van der Waals surface area contributed by atoms with Crippen LogP contribution in [-0.4, -0.2) is 49.6 Å². The monoisotopic (exact) mass is 327 g/mol. The van der Waals surface area contributed by atoms with Gasteiger partial charge in [-0.1, -0.05) is 0 Å². The number of carbonyl (C=O) groups excluding carboxylic acids is 1. The number of thioether (sulfide) groups is 1. The average Bonchev–Trinajstić information content (AvgIpc) is 2.73. The summed E-state index contributed by atoms with van der Waals surface area (Å²) in [7, 11) is 0. The summed E-state index contributed by atoms with van der Waals surface area (Å²) < 4.78 is 1.52. The van der Waals surface area contributed by atoms with Crippen LogP contribution in [0.25, 0.3) is 11.0 Å². The van der Waals surface area contributed by atoms with Gasteiger partial charge in [-0.05, 0) is 12.7 Å². The summed E-state index contributed by atoms with van der Waals surface area (Å²) in [6.07, 6.45) is 1.00. The zero-order chi connectivity index (χ0) is 16.4. The third-order valence-corrected chi connectivity index (χ3v) is 3.99. The molecule has 2 rings (SSSR count). The first-order valence-corrected chi connectivity index (χ1v) is 7.67. The summed E-state index contributed by atoms with van der Waals surface area (Å²) in [6.45, 7) is -0.135. The molecule has 120 valence electrons. The van der Waals surface area contributed by atoms with Crippen LogP contribution in [0.4, 0.5) is 5.95 Å². The van der Waals surface area contributed by atoms with Gasteiger partial charge >= 0.3 is 0 Å². The van der Waals surface area contributed by atoms with Crippen LogP contribution in [0.1, 0.15) is 16.8 Å². The lowest BCUT2D eigenvalue weighted by atomic mass is 10.2. The molecule has 0 fully saturated rings. The number of aliphatic hydroxyl groups is 2. The largest absolute Gasteiger partial charge is 0.396 e. The highest BCUT2D eigenvalue weighted by Crippen LogP contribution is 2.29. The Hall–Kier alpha value is -2.04. The van der Waals surface area contributed by atoms with E-state index in [1.54, 1.807) is 6.26 Å². The summed E-state index contributed by atoms with van der Waals surface area (Å²) in [5.74, 6) is -0.863. The van der Waals surface area contributed by atoms with Crippen LogP contribution in [0.5, 0.6) is 0 Å². The number of primary amides is 1. The molecule has 9 nitrogen and oxygen atoms in total. The molecule has 0 saturated carbocycles. The van der Waals surface area contributed by atoms with E-state index < -0.39 is 17.6 Å². The van der Waals surface area contributed by atoms with Crippen LogP contribution >= 0.6 is 11.8 Å². The average molecular weight is 327 g/mol. The van der Waals surface area contributed by atoms with Crippen molar-refractivity contribution in [2.24, 2.45) is 5.73 Å². The molecule has 0 aromatic carbocycles. The molecule has 2 aromatic rings. The van der Waals surface area contributed by atoms with E-state index in [2.05, 4.69) is 9.97 Å². The quantitative estimate of drug-likeness (QED) is 0.419. The SMILES string of the molecule is CSc1c(C(N)=O)c2c(=O)[nH]c(N)nc2n1C[C@@H](O)CCO. The van der Waals surface area contributed by atoms with E-state index in [0.29, 0.717) is 5.03 Å². The second-order valence-electron chi connectivity index (χ2n) is 4.68. The van der Waals surface area contributed by atoms with Gasteiger partial charge in [0, 0.05) is 6.61 Å². The number of anilines is 1. The minimum atomic E-state index is -0.866. The Morgan fingerprint density at radius 2 is 2.23 bits per heavy atom. The number of nitrogen functional groups attached to an aromatic ring is 1. The number of hydrogen-bond acceptors (Lipinski definition) is 7. The van der Waals surface area contributed by atoms with Crippen LogP contribution < -0.4 is 17.0 Å². The molecule has 22 heavy (non-hydrogen) atoms. The minimum absolute atomic E-state index is 0.0437. The lowest BCUT2D eigenvalue weighted by Crippen LogP contribution is -2.19. The third-order valence-electron chi connectivity index (χ3n) is 3.18. The van der Waals surface area contributed by atoms with E-state index in [0.717, 1.165) is 0 Å². The molecule has 2 aromatic heterocycles. The van der Waals surface area contributed by atoms with Crippen LogP contribution in [0, 0.1) is 0 Å². The molecule has 1 amide bonds. The molecule has 0 aliphatic carbocycles. The zero-order valence-corrected chi connectivity index (χ0v) is 12.7. The molecular formula is C12H17N5O4S. The fourth-order valence-corrected chi connectivity index (χ4v) is 3.09. The van der Waals surface area contributed by atoms with E-state index in [1.165, 1.54) is 16.3 Å². The molecule has 2 heterocycles. The molecule has 10 heteroatoms. The summed E-state index contributed by atoms with van der Waals surface area (Å²) in [5, 5.41) is 19.3. The number of aliphatic hydroxyl groups excluding tert-OH is 2. The summed E-state index contributed by atoms with van der Waals surface area (Å²) >= 11 is 1.21. The van der Waals surface area contributed by atoms with Crippen molar-refractivity contribution in [2.45, 2.75) is 24.1 Å². The number of nitrogens with zero attached hydrogens (tertiary/aromatic N) is 2. The molecule has 0 aliphatic heterocycles. The topological polar surface area (TPSA) is 160 Å². The maximum atomic E-state index is 12.1. The number of nitrogens with one attached hydrogen (secondary N) is 1. The second-order valence-corrected chi connectivity index (χ2v) is 5.47. The van der Waals surface area contributed by atoms with Crippen LogP contribution in [0.15, 0.2) is 9.82 Å². The fourth-order valence-electron chi connectivity index (χ4n) is 2.30. The minimum Gasteiger partial charge on any atom is -0.396 e. The van der Waals surface area contributed by atoms with E-state index in [9.17, 15) is 14.7 Å². The smallest absolute Gasteiger partial charge is 0.262 e. The molecule has 7 N–H and O–H groups in total. The van der Waals surface area contributed by atoms with E-state index in [4.69, 9.17) is 16.6 Å². The van der Waals surface area contributed by atoms with Crippen molar-refractivity contribution in [1.29, 1.82) is 0 Å². The van der Waals surface area contributed by atoms with Crippen molar-refractivity contribution in [3.63, 3.8) is 0 Å². The Morgan fingerprint density at radius 3 is 2.77 bits per heavy atom. The van der Waals surface area contributed by atoms with Gasteiger partial charge in [-0.15, -0.1) is 11.8 Å². The van der Waals surface area contributed by atoms with Gasteiger partial charge in [-0.3, -0.25) is 14.6 Å². The third kappa shape index (κ3) is 2.80. The van der Waals surface area contributed by atoms with Gasteiger partial charge < -0.3 is 26.2 Å². The standard InChI is InChI=1S/C12H17N5O4S/c1-22-11-6(8(13)20)7-9(15-12(14)16-10(7)21)17(11)4-5(19)2-3-18/h5,18-19H,2-4H2,1H3,(H2,13,20)(H3,14,15,16,21)/t5-/m0/s1. The second kappa shape index (κ2) is 6.38. The van der Waals surface area contributed by atoms with Gasteiger partial charge in [0.2, 0.25) is 5.95 Å². The summed E-state index contributed by atoms with van der Waals surface area (Å²) in [6, 6.07) is 0. The molecule has 0 spiro atoms. The maximum absolute atomic E-state index is 12.1. The summed E-state index contributed by atoms with van der Waals surface area (Å²) in [5.41, 5.74) is 10.6. The van der Waals surface area contributed by atoms with Crippen molar-refractivity contribution < 1.29 is 15.0 Å². The summed E-state index contributed by atoms with van der Waals surface area (Å²) in [4.78, 5) is 30.2. The zero-order valence-electron chi connectivity index (χ0n) is 11.9. The van der Waals surface area contributed by atoms with E-state index in [1.807, 2.05) is 0 Å². The van der Waals surface area contributed by atoms with Crippen molar-refractivity contribution in [1.82, 2.24) is 14.5 Å². The molecule has 1 atom stereocenters. The highest BCUT2D eigenvalue weighted by Gasteiger charge is 2.25. The van der Waals surface area contributed by atoms with Crippen molar-refractivity contribution in [3.05, 3.63) is 15.9 Å². The Bertz CT molecular complexity index is 769. The van der Waals surface area contributed by atoms with Crippen LogP contribution in [0.2, 0.25) is 0 Å². The lowest BCUT2D eigenvalue weighted by Gasteiger charge is -2.13. The van der Waals surface area contributed by atoms with Gasteiger partial charge in [-0.25, -0.2) is 0 Å². The first-order chi connectivity index (χ1) is 10.4. The number of hydrogen-bond donors (Lipinski definition) is 5. The molecule has 0 unspecified atom stereocenters. The number of amides is 1. The van der Waals surface area contributed by atoms with Crippen molar-refractivity contribution in [2.75, 3.05) is 18.6 Å². The van der Waals surface area contributed by atoms with Gasteiger partial charge in [0.15, 0.2) is 5.65 Å². The lowest BCUT2D eigenvalue weighted by molar-refractivity contribution is 0.0993. The molecule has 0 saturated heterocycles. The Balaban J connectivity index is 2.78. The number of H-pyrrole nitrogens is 1. The van der Waals surface area contributed by atoms with Gasteiger partial charge in [0.05, 0.1) is 28.6 Å². The number of fused-ring (bicyclic) bond motifs is 1. The fraction of sp³-hybridized carbons (Fsp3) is 0.417. The molecule has 0 bridgehead atoms. The van der Waals surface area contributed by atoms with E-state index in [-0.39, 0.29) is 42.1 Å². The van der Waals surface area contributed by atoms with Crippen molar-refractivity contribution in [3.8, 4) is 0 Å². The highest BCUT2D eigenvalue weighted by atomic mass is 32.2.